The molecular formula is C48H62O7. The Morgan fingerprint density at radius 2 is 0.873 bits per heavy atom. The fraction of sp³-hybridized carbons (Fsp3) is 0.500. The van der Waals surface area contributed by atoms with Gasteiger partial charge in [-0.05, 0) is 105 Å². The summed E-state index contributed by atoms with van der Waals surface area (Å²) in [4.78, 5) is 0. The zero-order valence-electron chi connectivity index (χ0n) is 34.6. The monoisotopic (exact) mass is 750 g/mol. The Morgan fingerprint density at radius 1 is 0.527 bits per heavy atom. The highest BCUT2D eigenvalue weighted by Crippen LogP contribution is 2.38. The summed E-state index contributed by atoms with van der Waals surface area (Å²) in [5.74, 6) is 3.44. The van der Waals surface area contributed by atoms with Crippen LogP contribution in [0.1, 0.15) is 97.9 Å². The van der Waals surface area contributed by atoms with Crippen molar-refractivity contribution in [3.63, 3.8) is 0 Å². The zero-order chi connectivity index (χ0) is 39.4. The molecule has 0 aliphatic carbocycles. The Kier molecular flexibility index (Phi) is 12.3. The molecule has 55 heavy (non-hydrogen) atoms. The molecule has 4 aromatic rings. The Labute approximate surface area is 329 Å². The molecule has 0 radical (unpaired) electrons. The number of ether oxygens (including phenoxy) is 7. The van der Waals surface area contributed by atoms with Gasteiger partial charge >= 0.3 is 0 Å². The molecule has 6 rings (SSSR count). The number of hydrogen-bond acceptors (Lipinski definition) is 7. The van der Waals surface area contributed by atoms with Gasteiger partial charge in [-0.15, -0.1) is 0 Å². The minimum absolute atomic E-state index is 0.0343. The molecular weight excluding hydrogens is 689 g/mol. The molecule has 0 spiro atoms. The molecule has 0 N–H and O–H groups in total. The van der Waals surface area contributed by atoms with Crippen molar-refractivity contribution in [2.75, 3.05) is 33.0 Å². The largest absolute Gasteiger partial charge is 0.491 e. The molecule has 2 heterocycles. The predicted octanol–water partition coefficient (Wildman–Crippen LogP) is 10.3. The molecule has 2 aliphatic heterocycles. The smallest absolute Gasteiger partial charge is 0.119 e. The number of epoxide rings is 2. The molecule has 296 valence electrons. The van der Waals surface area contributed by atoms with Gasteiger partial charge in [0.05, 0.1) is 25.4 Å². The SMILES string of the molecule is CC(COC(C)(C)CC(C)(C)C(C)Oc1ccc(C(C)(C)c2ccc(OCC3CO3)cc2)cc1)Oc1ccc(C(C)(C)c2ccc(OCC3CO3)cc2)cc1. The lowest BCUT2D eigenvalue weighted by molar-refractivity contribution is -0.0839. The second-order valence-electron chi connectivity index (χ2n) is 17.8. The zero-order valence-corrected chi connectivity index (χ0v) is 34.6. The van der Waals surface area contributed by atoms with E-state index in [4.69, 9.17) is 33.2 Å². The Bertz CT molecular complexity index is 1800. The molecule has 2 aliphatic rings. The fourth-order valence-electron chi connectivity index (χ4n) is 7.14. The second kappa shape index (κ2) is 16.6. The minimum Gasteiger partial charge on any atom is -0.491 e. The normalized spacial score (nSPS) is 18.3. The van der Waals surface area contributed by atoms with E-state index < -0.39 is 0 Å². The maximum absolute atomic E-state index is 6.54. The van der Waals surface area contributed by atoms with Crippen LogP contribution in [0.3, 0.4) is 0 Å². The van der Waals surface area contributed by atoms with Crippen LogP contribution < -0.4 is 18.9 Å². The van der Waals surface area contributed by atoms with Crippen LogP contribution in [0.4, 0.5) is 0 Å². The van der Waals surface area contributed by atoms with Crippen LogP contribution >= 0.6 is 0 Å². The predicted molar refractivity (Wildman–Crippen MR) is 219 cm³/mol. The topological polar surface area (TPSA) is 71.2 Å². The molecule has 7 heteroatoms. The highest BCUT2D eigenvalue weighted by Gasteiger charge is 2.36. The molecule has 0 bridgehead atoms. The summed E-state index contributed by atoms with van der Waals surface area (Å²) in [6.45, 7) is 25.3. The van der Waals surface area contributed by atoms with E-state index in [-0.39, 0.29) is 46.3 Å². The summed E-state index contributed by atoms with van der Waals surface area (Å²) >= 11 is 0. The van der Waals surface area contributed by atoms with Crippen LogP contribution in [0.15, 0.2) is 97.1 Å². The number of benzene rings is 4. The lowest BCUT2D eigenvalue weighted by atomic mass is 9.77. The van der Waals surface area contributed by atoms with Crippen molar-refractivity contribution in [3.05, 3.63) is 119 Å². The molecule has 4 atom stereocenters. The van der Waals surface area contributed by atoms with Crippen LogP contribution in [0, 0.1) is 5.41 Å². The summed E-state index contributed by atoms with van der Waals surface area (Å²) in [5.41, 5.74) is 4.04. The Hall–Kier alpha value is -4.04. The Balaban J connectivity index is 0.956. The van der Waals surface area contributed by atoms with Crippen LogP contribution in [0.2, 0.25) is 0 Å². The molecule has 0 amide bonds. The van der Waals surface area contributed by atoms with E-state index in [9.17, 15) is 0 Å². The third-order valence-corrected chi connectivity index (χ3v) is 11.3. The van der Waals surface area contributed by atoms with Crippen molar-refractivity contribution in [1.29, 1.82) is 0 Å². The first-order chi connectivity index (χ1) is 26.0. The van der Waals surface area contributed by atoms with Gasteiger partial charge in [-0.2, -0.15) is 0 Å². The highest BCUT2D eigenvalue weighted by atomic mass is 16.6. The average Bonchev–Trinajstić information content (AvgIpc) is 4.09. The van der Waals surface area contributed by atoms with E-state index in [1.807, 2.05) is 24.3 Å². The van der Waals surface area contributed by atoms with Gasteiger partial charge in [-0.25, -0.2) is 0 Å². The van der Waals surface area contributed by atoms with Gasteiger partial charge in [0.1, 0.15) is 60.6 Å². The summed E-state index contributed by atoms with van der Waals surface area (Å²) in [7, 11) is 0. The summed E-state index contributed by atoms with van der Waals surface area (Å²) in [5, 5.41) is 0. The minimum atomic E-state index is -0.376. The van der Waals surface area contributed by atoms with E-state index in [1.165, 1.54) is 22.3 Å². The lowest BCUT2D eigenvalue weighted by Gasteiger charge is -2.39. The number of rotatable bonds is 20. The van der Waals surface area contributed by atoms with Crippen LogP contribution in [-0.2, 0) is 25.0 Å². The van der Waals surface area contributed by atoms with Gasteiger partial charge in [0.2, 0.25) is 0 Å². The highest BCUT2D eigenvalue weighted by molar-refractivity contribution is 5.43. The average molecular weight is 751 g/mol. The standard InChI is InChI=1S/C48H62O7/c1-33(54-41-23-15-37(16-24-41)47(7,8)35-11-19-39(20-12-35)49-28-43-30-51-43)27-53-46(5,6)32-45(3,4)34(2)55-42-25-17-38(18-26-42)48(9,10)36-13-21-40(22-14-36)50-29-44-31-52-44/h11-26,33-34,43-44H,27-32H2,1-10H3. The van der Waals surface area contributed by atoms with Crippen molar-refractivity contribution in [2.45, 2.75) is 117 Å². The first kappa shape index (κ1) is 40.6. The molecule has 2 fully saturated rings. The van der Waals surface area contributed by atoms with E-state index in [0.29, 0.717) is 19.8 Å². The summed E-state index contributed by atoms with van der Waals surface area (Å²) < 4.78 is 41.5. The maximum atomic E-state index is 6.54. The van der Waals surface area contributed by atoms with Crippen molar-refractivity contribution >= 4 is 0 Å². The van der Waals surface area contributed by atoms with Gasteiger partial charge in [-0.3, -0.25) is 0 Å². The third-order valence-electron chi connectivity index (χ3n) is 11.3. The van der Waals surface area contributed by atoms with Gasteiger partial charge in [-0.1, -0.05) is 90.1 Å². The number of hydrogen-bond donors (Lipinski definition) is 0. The fourth-order valence-corrected chi connectivity index (χ4v) is 7.14. The summed E-state index contributed by atoms with van der Waals surface area (Å²) in [6, 6.07) is 33.7. The van der Waals surface area contributed by atoms with E-state index >= 15 is 0 Å². The van der Waals surface area contributed by atoms with Crippen LogP contribution in [-0.4, -0.2) is 63.1 Å². The van der Waals surface area contributed by atoms with E-state index in [0.717, 1.165) is 42.6 Å². The third kappa shape index (κ3) is 11.1. The summed E-state index contributed by atoms with van der Waals surface area (Å²) in [6.07, 6.45) is 1.17. The molecule has 0 saturated carbocycles. The van der Waals surface area contributed by atoms with E-state index in [1.54, 1.807) is 0 Å². The van der Waals surface area contributed by atoms with Crippen LogP contribution in [0.25, 0.3) is 0 Å². The maximum Gasteiger partial charge on any atom is 0.119 e. The van der Waals surface area contributed by atoms with Gasteiger partial charge < -0.3 is 33.2 Å². The Morgan fingerprint density at radius 3 is 1.24 bits per heavy atom. The van der Waals surface area contributed by atoms with Crippen molar-refractivity contribution in [1.82, 2.24) is 0 Å². The lowest BCUT2D eigenvalue weighted by Crippen LogP contribution is -2.41. The molecule has 4 aromatic carbocycles. The van der Waals surface area contributed by atoms with Gasteiger partial charge in [0, 0.05) is 16.2 Å². The van der Waals surface area contributed by atoms with Crippen molar-refractivity contribution in [3.8, 4) is 23.0 Å². The van der Waals surface area contributed by atoms with Crippen molar-refractivity contribution in [2.24, 2.45) is 5.41 Å². The van der Waals surface area contributed by atoms with Gasteiger partial charge in [0.25, 0.3) is 0 Å². The first-order valence-corrected chi connectivity index (χ1v) is 19.9. The molecule has 7 nitrogen and oxygen atoms in total. The second-order valence-corrected chi connectivity index (χ2v) is 17.8. The molecule has 4 unspecified atom stereocenters. The van der Waals surface area contributed by atoms with E-state index in [2.05, 4.69) is 142 Å². The van der Waals surface area contributed by atoms with Gasteiger partial charge in [0.15, 0.2) is 0 Å². The molecule has 2 saturated heterocycles. The van der Waals surface area contributed by atoms with Crippen LogP contribution in [0.5, 0.6) is 23.0 Å². The van der Waals surface area contributed by atoms with Crippen molar-refractivity contribution < 1.29 is 33.2 Å². The molecule has 0 aromatic heterocycles. The quantitative estimate of drug-likeness (QED) is 0.0833. The first-order valence-electron chi connectivity index (χ1n) is 19.9.